The first-order chi connectivity index (χ1) is 10.4. The van der Waals surface area contributed by atoms with Crippen molar-refractivity contribution in [2.75, 3.05) is 0 Å². The summed E-state index contributed by atoms with van der Waals surface area (Å²) in [5, 5.41) is 0. The molecule has 0 fully saturated rings. The quantitative estimate of drug-likeness (QED) is 0.594. The zero-order valence-electron chi connectivity index (χ0n) is 11.2. The van der Waals surface area contributed by atoms with Crippen LogP contribution in [0.4, 0.5) is 0 Å². The first-order valence-corrected chi connectivity index (χ1v) is 7.23. The van der Waals surface area contributed by atoms with Crippen molar-refractivity contribution in [3.63, 3.8) is 0 Å². The van der Waals surface area contributed by atoms with Crippen molar-refractivity contribution in [2.45, 2.75) is 0 Å². The second-order valence-electron chi connectivity index (χ2n) is 4.49. The minimum atomic E-state index is 0.717. The second-order valence-corrected chi connectivity index (χ2v) is 4.81. The van der Waals surface area contributed by atoms with Crippen LogP contribution in [0.15, 0.2) is 78.9 Å². The lowest BCUT2D eigenvalue weighted by atomic mass is 10.0. The average Bonchev–Trinajstić information content (AvgIpc) is 2.56. The highest BCUT2D eigenvalue weighted by Gasteiger charge is 2.13. The van der Waals surface area contributed by atoms with Crippen molar-refractivity contribution in [3.05, 3.63) is 78.9 Å². The van der Waals surface area contributed by atoms with Crippen LogP contribution in [-0.2, 0) is 0 Å². The summed E-state index contributed by atoms with van der Waals surface area (Å²) in [6.45, 7) is 0. The van der Waals surface area contributed by atoms with Crippen LogP contribution in [0.5, 0.6) is 17.2 Å². The second kappa shape index (κ2) is 6.46. The van der Waals surface area contributed by atoms with Crippen molar-refractivity contribution >= 4 is 16.3 Å². The van der Waals surface area contributed by atoms with E-state index in [9.17, 15) is 0 Å². The topological polar surface area (TPSA) is 18.5 Å². The van der Waals surface area contributed by atoms with Crippen LogP contribution in [0.2, 0.25) is 0 Å². The van der Waals surface area contributed by atoms with Gasteiger partial charge in [0.2, 0.25) is 0 Å². The third-order valence-corrected chi connectivity index (χ3v) is 3.45. The molecule has 0 spiro atoms. The monoisotopic (exact) mass is 340 g/mol. The first kappa shape index (κ1) is 13.7. The maximum absolute atomic E-state index is 6.01. The lowest BCUT2D eigenvalue weighted by Crippen LogP contribution is -1.90. The summed E-state index contributed by atoms with van der Waals surface area (Å²) in [7, 11) is 0. The number of hydrogen-bond acceptors (Lipinski definition) is 2. The molecule has 2 nitrogen and oxygen atoms in total. The molecule has 0 atom stereocenters. The first-order valence-electron chi connectivity index (χ1n) is 6.58. The van der Waals surface area contributed by atoms with Gasteiger partial charge in [-0.2, -0.15) is 0 Å². The Balaban J connectivity index is 2.08. The summed E-state index contributed by atoms with van der Waals surface area (Å²) in [5.74, 6) is 2.26. The molecular weight excluding hydrogens is 328 g/mol. The highest BCUT2D eigenvalue weighted by Crippen LogP contribution is 2.40. The number of halogens is 1. The molecule has 0 radical (unpaired) electrons. The van der Waals surface area contributed by atoms with E-state index in [0.29, 0.717) is 0 Å². The standard InChI is InChI=1S/C18H13BrO2/c19-21-17-13-7-12-16(20-15-10-5-2-6-11-15)18(17)14-8-3-1-4-9-14/h1-13H. The molecule has 0 aromatic heterocycles. The van der Waals surface area contributed by atoms with Crippen LogP contribution in [0.1, 0.15) is 0 Å². The Bertz CT molecular complexity index is 712. The fraction of sp³-hybridized carbons (Fsp3) is 0. The molecule has 0 aliphatic rings. The van der Waals surface area contributed by atoms with E-state index in [0.717, 1.165) is 28.4 Å². The molecule has 21 heavy (non-hydrogen) atoms. The van der Waals surface area contributed by atoms with Crippen molar-refractivity contribution in [2.24, 2.45) is 0 Å². The van der Waals surface area contributed by atoms with Crippen LogP contribution in [0, 0.1) is 0 Å². The maximum Gasteiger partial charge on any atom is 0.179 e. The molecule has 0 unspecified atom stereocenters. The van der Waals surface area contributed by atoms with E-state index in [4.69, 9.17) is 8.57 Å². The van der Waals surface area contributed by atoms with Crippen molar-refractivity contribution in [1.82, 2.24) is 0 Å². The minimum absolute atomic E-state index is 0.717. The van der Waals surface area contributed by atoms with E-state index in [2.05, 4.69) is 16.3 Å². The summed E-state index contributed by atoms with van der Waals surface area (Å²) < 4.78 is 11.3. The van der Waals surface area contributed by atoms with Gasteiger partial charge < -0.3 is 8.57 Å². The third-order valence-electron chi connectivity index (χ3n) is 3.10. The van der Waals surface area contributed by atoms with Gasteiger partial charge in [-0.25, -0.2) is 0 Å². The predicted molar refractivity (Wildman–Crippen MR) is 87.9 cm³/mol. The number of benzene rings is 3. The Morgan fingerprint density at radius 2 is 1.24 bits per heavy atom. The van der Waals surface area contributed by atoms with Crippen LogP contribution < -0.4 is 8.57 Å². The van der Waals surface area contributed by atoms with Crippen LogP contribution in [0.3, 0.4) is 0 Å². The maximum atomic E-state index is 6.01. The minimum Gasteiger partial charge on any atom is -0.457 e. The summed E-state index contributed by atoms with van der Waals surface area (Å²) >= 11 is 3.07. The van der Waals surface area contributed by atoms with Crippen LogP contribution >= 0.6 is 16.3 Å². The molecule has 104 valence electrons. The van der Waals surface area contributed by atoms with Gasteiger partial charge in [-0.05, 0) is 29.8 Å². The largest absolute Gasteiger partial charge is 0.457 e. The molecule has 3 heteroatoms. The van der Waals surface area contributed by atoms with E-state index in [1.54, 1.807) is 0 Å². The Labute approximate surface area is 132 Å². The highest BCUT2D eigenvalue weighted by atomic mass is 79.9. The van der Waals surface area contributed by atoms with E-state index in [1.807, 2.05) is 78.9 Å². The van der Waals surface area contributed by atoms with Gasteiger partial charge in [-0.3, -0.25) is 0 Å². The molecular formula is C18H13BrO2. The number of rotatable bonds is 4. The SMILES string of the molecule is BrOc1cccc(Oc2ccccc2)c1-c1ccccc1. The fourth-order valence-corrected chi connectivity index (χ4v) is 2.43. The van der Waals surface area contributed by atoms with Gasteiger partial charge in [0.05, 0.1) is 5.56 Å². The molecule has 3 aromatic rings. The van der Waals surface area contributed by atoms with Gasteiger partial charge in [0.15, 0.2) is 16.3 Å². The summed E-state index contributed by atoms with van der Waals surface area (Å²) in [4.78, 5) is 0. The molecule has 0 aliphatic carbocycles. The van der Waals surface area contributed by atoms with Gasteiger partial charge >= 0.3 is 0 Å². The van der Waals surface area contributed by atoms with E-state index in [-0.39, 0.29) is 0 Å². The molecule has 0 saturated carbocycles. The Kier molecular flexibility index (Phi) is 4.22. The van der Waals surface area contributed by atoms with Crippen molar-refractivity contribution in [3.8, 4) is 28.4 Å². The number of para-hydroxylation sites is 1. The number of hydrogen-bond donors (Lipinski definition) is 0. The average molecular weight is 341 g/mol. The zero-order chi connectivity index (χ0) is 14.5. The summed E-state index contributed by atoms with van der Waals surface area (Å²) in [5.41, 5.74) is 1.96. The lowest BCUT2D eigenvalue weighted by molar-refractivity contribution is 0.482. The van der Waals surface area contributed by atoms with Gasteiger partial charge in [0, 0.05) is 0 Å². The molecule has 0 amide bonds. The molecule has 0 bridgehead atoms. The van der Waals surface area contributed by atoms with Gasteiger partial charge in [-0.15, -0.1) is 0 Å². The Morgan fingerprint density at radius 1 is 0.619 bits per heavy atom. The van der Waals surface area contributed by atoms with Crippen molar-refractivity contribution < 1.29 is 8.57 Å². The molecule has 0 aliphatic heterocycles. The fourth-order valence-electron chi connectivity index (χ4n) is 2.17. The lowest BCUT2D eigenvalue weighted by Gasteiger charge is -2.14. The third kappa shape index (κ3) is 3.09. The normalized spacial score (nSPS) is 10.1. The van der Waals surface area contributed by atoms with Gasteiger partial charge in [-0.1, -0.05) is 54.6 Å². The van der Waals surface area contributed by atoms with Gasteiger partial charge in [0.1, 0.15) is 17.2 Å². The van der Waals surface area contributed by atoms with Gasteiger partial charge in [0.25, 0.3) is 0 Å². The molecule has 0 saturated heterocycles. The molecule has 0 N–H and O–H groups in total. The summed E-state index contributed by atoms with van der Waals surface area (Å²) in [6.07, 6.45) is 0. The Hall–Kier alpha value is -2.26. The van der Waals surface area contributed by atoms with E-state index >= 15 is 0 Å². The van der Waals surface area contributed by atoms with Crippen LogP contribution in [0.25, 0.3) is 11.1 Å². The highest BCUT2D eigenvalue weighted by molar-refractivity contribution is 9.06. The zero-order valence-corrected chi connectivity index (χ0v) is 12.8. The van der Waals surface area contributed by atoms with Crippen LogP contribution in [-0.4, -0.2) is 0 Å². The molecule has 0 heterocycles. The molecule has 3 aromatic carbocycles. The predicted octanol–water partition coefficient (Wildman–Crippen LogP) is 5.83. The number of ether oxygens (including phenoxy) is 1. The Morgan fingerprint density at radius 3 is 1.90 bits per heavy atom. The van der Waals surface area contributed by atoms with E-state index in [1.165, 1.54) is 0 Å². The van der Waals surface area contributed by atoms with E-state index < -0.39 is 0 Å². The van der Waals surface area contributed by atoms with Crippen molar-refractivity contribution in [1.29, 1.82) is 0 Å². The molecule has 3 rings (SSSR count). The summed E-state index contributed by atoms with van der Waals surface area (Å²) in [6, 6.07) is 25.5. The smallest absolute Gasteiger partial charge is 0.179 e.